The number of aryl methyl sites for hydroxylation is 1. The van der Waals surface area contributed by atoms with E-state index in [1.165, 1.54) is 12.1 Å². The summed E-state index contributed by atoms with van der Waals surface area (Å²) in [7, 11) is 0. The minimum atomic E-state index is -4.52. The Morgan fingerprint density at radius 2 is 2.00 bits per heavy atom. The average Bonchev–Trinajstić information content (AvgIpc) is 3.12. The Morgan fingerprint density at radius 1 is 1.23 bits per heavy atom. The SMILES string of the molecule is O=C1CN=C(c2ccc(NCCCn3cnnc3)c(C(F)(F)F)c2)CO1. The van der Waals surface area contributed by atoms with Gasteiger partial charge in [-0.2, -0.15) is 13.2 Å². The van der Waals surface area contributed by atoms with Crippen LogP contribution in [-0.2, 0) is 22.3 Å². The number of halogens is 3. The number of nitrogens with one attached hydrogen (secondary N) is 1. The van der Waals surface area contributed by atoms with Crippen LogP contribution >= 0.6 is 0 Å². The number of benzene rings is 1. The van der Waals surface area contributed by atoms with Crippen molar-refractivity contribution in [3.63, 3.8) is 0 Å². The van der Waals surface area contributed by atoms with Gasteiger partial charge in [0.2, 0.25) is 0 Å². The van der Waals surface area contributed by atoms with E-state index in [-0.39, 0.29) is 18.8 Å². The first kappa shape index (κ1) is 17.9. The van der Waals surface area contributed by atoms with Crippen LogP contribution in [0.5, 0.6) is 0 Å². The Bertz CT molecular complexity index is 803. The van der Waals surface area contributed by atoms with E-state index in [2.05, 4.69) is 20.5 Å². The third-order valence-corrected chi connectivity index (χ3v) is 3.80. The maximum Gasteiger partial charge on any atom is 0.418 e. The molecule has 0 aliphatic carbocycles. The van der Waals surface area contributed by atoms with Gasteiger partial charge in [-0.1, -0.05) is 6.07 Å². The largest absolute Gasteiger partial charge is 0.458 e. The van der Waals surface area contributed by atoms with E-state index in [0.29, 0.717) is 30.8 Å². The fraction of sp³-hybridized carbons (Fsp3) is 0.375. The summed E-state index contributed by atoms with van der Waals surface area (Å²) in [6.07, 6.45) is -0.806. The van der Waals surface area contributed by atoms with Gasteiger partial charge in [0.05, 0.1) is 11.3 Å². The minimum absolute atomic E-state index is 0.00147. The highest BCUT2D eigenvalue weighted by Gasteiger charge is 2.34. The van der Waals surface area contributed by atoms with Crippen molar-refractivity contribution in [1.82, 2.24) is 14.8 Å². The zero-order valence-electron chi connectivity index (χ0n) is 13.7. The number of alkyl halides is 3. The Kier molecular flexibility index (Phi) is 5.19. The van der Waals surface area contributed by atoms with Crippen LogP contribution in [0.1, 0.15) is 17.5 Å². The third kappa shape index (κ3) is 4.38. The number of cyclic esters (lactones) is 1. The molecule has 0 saturated heterocycles. The molecule has 0 saturated carbocycles. The van der Waals surface area contributed by atoms with Gasteiger partial charge in [-0.05, 0) is 24.1 Å². The normalized spacial score (nSPS) is 14.7. The maximum atomic E-state index is 13.4. The molecule has 0 unspecified atom stereocenters. The number of rotatable bonds is 6. The van der Waals surface area contributed by atoms with Gasteiger partial charge in [-0.3, -0.25) is 9.79 Å². The van der Waals surface area contributed by atoms with Gasteiger partial charge in [0, 0.05) is 18.8 Å². The van der Waals surface area contributed by atoms with Crippen LogP contribution in [0.15, 0.2) is 35.8 Å². The lowest BCUT2D eigenvalue weighted by atomic mass is 10.0. The van der Waals surface area contributed by atoms with Gasteiger partial charge in [-0.25, -0.2) is 0 Å². The molecule has 0 fully saturated rings. The monoisotopic (exact) mass is 367 g/mol. The van der Waals surface area contributed by atoms with Crippen molar-refractivity contribution in [3.8, 4) is 0 Å². The minimum Gasteiger partial charge on any atom is -0.458 e. The topological polar surface area (TPSA) is 81.4 Å². The van der Waals surface area contributed by atoms with Crippen LogP contribution in [0.4, 0.5) is 18.9 Å². The number of hydrogen-bond donors (Lipinski definition) is 1. The van der Waals surface area contributed by atoms with Gasteiger partial charge >= 0.3 is 12.1 Å². The summed E-state index contributed by atoms with van der Waals surface area (Å²) in [4.78, 5) is 15.0. The number of carbonyl (C=O) groups excluding carboxylic acids is 1. The quantitative estimate of drug-likeness (QED) is 0.625. The number of ether oxygens (including phenoxy) is 1. The summed E-state index contributed by atoms with van der Waals surface area (Å²) in [5.41, 5.74) is -0.161. The van der Waals surface area contributed by atoms with Crippen molar-refractivity contribution in [2.24, 2.45) is 4.99 Å². The van der Waals surface area contributed by atoms with E-state index >= 15 is 0 Å². The number of aromatic nitrogens is 3. The summed E-state index contributed by atoms with van der Waals surface area (Å²) in [6, 6.07) is 3.94. The fourth-order valence-electron chi connectivity index (χ4n) is 2.51. The number of esters is 1. The van der Waals surface area contributed by atoms with Crippen LogP contribution in [0.25, 0.3) is 0 Å². The van der Waals surface area contributed by atoms with Crippen LogP contribution in [0, 0.1) is 0 Å². The molecule has 26 heavy (non-hydrogen) atoms. The lowest BCUT2D eigenvalue weighted by Gasteiger charge is -2.18. The van der Waals surface area contributed by atoms with E-state index in [9.17, 15) is 18.0 Å². The van der Waals surface area contributed by atoms with Crippen molar-refractivity contribution in [2.75, 3.05) is 25.0 Å². The molecule has 0 radical (unpaired) electrons. The van der Waals surface area contributed by atoms with E-state index in [4.69, 9.17) is 4.74 Å². The molecule has 0 bridgehead atoms. The molecule has 1 aliphatic heterocycles. The molecule has 10 heteroatoms. The average molecular weight is 367 g/mol. The first-order valence-corrected chi connectivity index (χ1v) is 7.90. The second kappa shape index (κ2) is 7.54. The van der Waals surface area contributed by atoms with Gasteiger partial charge in [-0.15, -0.1) is 10.2 Å². The first-order chi connectivity index (χ1) is 12.4. The lowest BCUT2D eigenvalue weighted by molar-refractivity contribution is -0.141. The summed E-state index contributed by atoms with van der Waals surface area (Å²) in [5, 5.41) is 10.2. The van der Waals surface area contributed by atoms with Crippen molar-refractivity contribution < 1.29 is 22.7 Å². The zero-order valence-corrected chi connectivity index (χ0v) is 13.7. The van der Waals surface area contributed by atoms with Crippen molar-refractivity contribution in [1.29, 1.82) is 0 Å². The van der Waals surface area contributed by atoms with Gasteiger partial charge in [0.25, 0.3) is 0 Å². The predicted octanol–water partition coefficient (Wildman–Crippen LogP) is 2.15. The molecule has 1 aromatic heterocycles. The highest BCUT2D eigenvalue weighted by Crippen LogP contribution is 2.35. The Labute approximate surface area is 146 Å². The molecule has 7 nitrogen and oxygen atoms in total. The molecule has 138 valence electrons. The molecule has 1 aromatic carbocycles. The van der Waals surface area contributed by atoms with Crippen LogP contribution in [0.3, 0.4) is 0 Å². The summed E-state index contributed by atoms with van der Waals surface area (Å²) in [5.74, 6) is -0.490. The molecule has 1 aliphatic rings. The maximum absolute atomic E-state index is 13.4. The van der Waals surface area contributed by atoms with E-state index < -0.39 is 17.7 Å². The summed E-state index contributed by atoms with van der Waals surface area (Å²) >= 11 is 0. The highest BCUT2D eigenvalue weighted by atomic mass is 19.4. The van der Waals surface area contributed by atoms with Gasteiger partial charge < -0.3 is 14.6 Å². The number of hydrogen-bond acceptors (Lipinski definition) is 6. The first-order valence-electron chi connectivity index (χ1n) is 7.90. The van der Waals surface area contributed by atoms with Gasteiger partial charge in [0.15, 0.2) is 0 Å². The van der Waals surface area contributed by atoms with E-state index in [1.54, 1.807) is 17.2 Å². The second-order valence-corrected chi connectivity index (χ2v) is 5.66. The van der Waals surface area contributed by atoms with Crippen molar-refractivity contribution >= 4 is 17.4 Å². The van der Waals surface area contributed by atoms with Crippen LogP contribution in [-0.4, -0.2) is 46.1 Å². The van der Waals surface area contributed by atoms with E-state index in [0.717, 1.165) is 6.07 Å². The number of carbonyl (C=O) groups is 1. The van der Waals surface area contributed by atoms with Crippen molar-refractivity contribution in [3.05, 3.63) is 42.0 Å². The standard InChI is InChI=1S/C16H16F3N5O2/c17-16(18,19)12-6-11(14-8-26-15(25)7-21-14)2-3-13(12)20-4-1-5-24-9-22-23-10-24/h2-3,6,9-10,20H,1,4-5,7-8H2. The molecule has 3 rings (SSSR count). The Morgan fingerprint density at radius 3 is 2.65 bits per heavy atom. The number of anilines is 1. The molecule has 1 N–H and O–H groups in total. The molecular weight excluding hydrogens is 351 g/mol. The summed E-state index contributed by atoms with van der Waals surface area (Å²) in [6.45, 7) is 0.655. The number of nitrogens with zero attached hydrogens (tertiary/aromatic N) is 4. The lowest BCUT2D eigenvalue weighted by Crippen LogP contribution is -2.24. The number of aliphatic imine (C=N–C) groups is 1. The molecular formula is C16H16F3N5O2. The predicted molar refractivity (Wildman–Crippen MR) is 86.9 cm³/mol. The third-order valence-electron chi connectivity index (χ3n) is 3.80. The second-order valence-electron chi connectivity index (χ2n) is 5.66. The van der Waals surface area contributed by atoms with Crippen LogP contribution < -0.4 is 5.32 Å². The molecule has 2 heterocycles. The zero-order chi connectivity index (χ0) is 18.6. The molecule has 0 spiro atoms. The van der Waals surface area contributed by atoms with Crippen LogP contribution in [0.2, 0.25) is 0 Å². The Hall–Kier alpha value is -2.91. The fourth-order valence-corrected chi connectivity index (χ4v) is 2.51. The smallest absolute Gasteiger partial charge is 0.418 e. The molecule has 0 atom stereocenters. The van der Waals surface area contributed by atoms with Gasteiger partial charge in [0.1, 0.15) is 25.8 Å². The van der Waals surface area contributed by atoms with E-state index in [1.807, 2.05) is 0 Å². The molecule has 2 aromatic rings. The highest BCUT2D eigenvalue weighted by molar-refractivity contribution is 6.04. The van der Waals surface area contributed by atoms with Crippen molar-refractivity contribution in [2.45, 2.75) is 19.1 Å². The molecule has 0 amide bonds. The Balaban J connectivity index is 1.71. The summed E-state index contributed by atoms with van der Waals surface area (Å²) < 4.78 is 46.8.